The number of carbonyl (C=O) groups is 2. The Labute approximate surface area is 188 Å². The van der Waals surface area contributed by atoms with Crippen LogP contribution >= 0.6 is 0 Å². The average Bonchev–Trinajstić information content (AvgIpc) is 2.71. The smallest absolute Gasteiger partial charge is 0.232 e. The third-order valence-electron chi connectivity index (χ3n) is 8.36. The maximum atomic E-state index is 12.8. The molecular formula is C25H37NO4S. The van der Waals surface area contributed by atoms with Crippen molar-refractivity contribution < 1.29 is 18.9 Å². The predicted octanol–water partition coefficient (Wildman–Crippen LogP) is 4.38. The Kier molecular flexibility index (Phi) is 6.99. The molecule has 0 spiro atoms. The van der Waals surface area contributed by atoms with E-state index in [1.54, 1.807) is 6.26 Å². The van der Waals surface area contributed by atoms with E-state index < -0.39 is 22.4 Å². The summed E-state index contributed by atoms with van der Waals surface area (Å²) in [5, 5.41) is 14.0. The summed E-state index contributed by atoms with van der Waals surface area (Å²) in [4.78, 5) is 25.3. The lowest BCUT2D eigenvalue weighted by Crippen LogP contribution is -2.51. The van der Waals surface area contributed by atoms with E-state index in [4.69, 9.17) is 0 Å². The highest BCUT2D eigenvalue weighted by atomic mass is 32.2. The van der Waals surface area contributed by atoms with E-state index in [2.05, 4.69) is 32.7 Å². The highest BCUT2D eigenvalue weighted by molar-refractivity contribution is 7.84. The number of allylic oxidation sites excluding steroid dienone is 3. The number of aliphatic hydroxyl groups is 1. The first kappa shape index (κ1) is 24.0. The molecule has 0 aromatic rings. The lowest BCUT2D eigenvalue weighted by atomic mass is 9.46. The van der Waals surface area contributed by atoms with Gasteiger partial charge in [0.15, 0.2) is 0 Å². The molecule has 0 amide bonds. The molecule has 2 fully saturated rings. The number of rotatable bonds is 7. The van der Waals surface area contributed by atoms with Crippen LogP contribution in [-0.4, -0.2) is 39.4 Å². The minimum atomic E-state index is -0.888. The van der Waals surface area contributed by atoms with Crippen LogP contribution in [0.4, 0.5) is 0 Å². The van der Waals surface area contributed by atoms with Gasteiger partial charge in [-0.3, -0.25) is 13.8 Å². The van der Waals surface area contributed by atoms with Gasteiger partial charge in [-0.2, -0.15) is 0 Å². The van der Waals surface area contributed by atoms with Gasteiger partial charge < -0.3 is 10.4 Å². The molecule has 0 aliphatic heterocycles. The highest BCUT2D eigenvalue weighted by Gasteiger charge is 2.54. The van der Waals surface area contributed by atoms with Crippen LogP contribution in [0.25, 0.3) is 0 Å². The van der Waals surface area contributed by atoms with E-state index in [1.165, 1.54) is 11.6 Å². The Hall–Kier alpha value is -1.69. The summed E-state index contributed by atoms with van der Waals surface area (Å²) in [6.45, 7) is 11.7. The van der Waals surface area contributed by atoms with Crippen molar-refractivity contribution in [1.82, 2.24) is 5.32 Å². The molecule has 5 unspecified atom stereocenters. The van der Waals surface area contributed by atoms with Crippen LogP contribution in [0.2, 0.25) is 0 Å². The van der Waals surface area contributed by atoms with E-state index in [1.807, 2.05) is 0 Å². The second-order valence-corrected chi connectivity index (χ2v) is 11.8. The van der Waals surface area contributed by atoms with Crippen molar-refractivity contribution in [3.8, 4) is 0 Å². The van der Waals surface area contributed by atoms with Crippen LogP contribution in [0.15, 0.2) is 35.3 Å². The van der Waals surface area contributed by atoms with Crippen LogP contribution in [0, 0.1) is 22.7 Å². The number of carbonyl (C=O) groups excluding carboxylic acids is 2. The zero-order valence-electron chi connectivity index (χ0n) is 19.4. The molecule has 3 rings (SSSR count). The Balaban J connectivity index is 1.88. The molecule has 3 aliphatic rings. The molecule has 3 aliphatic carbocycles. The van der Waals surface area contributed by atoms with E-state index in [0.717, 1.165) is 32.1 Å². The van der Waals surface area contributed by atoms with E-state index >= 15 is 0 Å². The summed E-state index contributed by atoms with van der Waals surface area (Å²) in [6.07, 6.45) is 9.30. The largest absolute Gasteiger partial charge is 0.505 e. The van der Waals surface area contributed by atoms with Crippen LogP contribution in [0.5, 0.6) is 0 Å². The number of fused-ring (bicyclic) bond motifs is 1. The first-order valence-corrected chi connectivity index (χ1v) is 13.2. The molecule has 2 N–H and O–H groups in total. The second kappa shape index (κ2) is 9.05. The van der Waals surface area contributed by atoms with Crippen LogP contribution in [-0.2, 0) is 20.4 Å². The Morgan fingerprint density at radius 3 is 2.68 bits per heavy atom. The summed E-state index contributed by atoms with van der Waals surface area (Å²) in [5.41, 5.74) is 1.70. The van der Waals surface area contributed by atoms with Crippen molar-refractivity contribution in [2.45, 2.75) is 65.7 Å². The molecule has 5 nitrogen and oxygen atoms in total. The third-order valence-corrected chi connectivity index (χ3v) is 9.23. The quantitative estimate of drug-likeness (QED) is 0.262. The molecular weight excluding hydrogens is 410 g/mol. The number of aliphatic hydroxyl groups excluding tert-OH is 1. The number of hydrogen-bond donors (Lipinski definition) is 2. The lowest BCUT2D eigenvalue weighted by molar-refractivity contribution is -0.132. The molecule has 0 bridgehead atoms. The van der Waals surface area contributed by atoms with Crippen molar-refractivity contribution in [2.24, 2.45) is 22.7 Å². The van der Waals surface area contributed by atoms with Gasteiger partial charge in [-0.15, -0.1) is 0 Å². The number of ketones is 2. The Morgan fingerprint density at radius 2 is 2.00 bits per heavy atom. The summed E-state index contributed by atoms with van der Waals surface area (Å²) in [5.74, 6) is 0.0176. The minimum absolute atomic E-state index is 0.0458. The topological polar surface area (TPSA) is 83.5 Å². The maximum Gasteiger partial charge on any atom is 0.232 e. The SMILES string of the molecule is C=C1CCCC2C1(C)CCC(C)C2(C)CC1=C(O)C(NCCCS(C)=O)=CC(=O)C1=O. The van der Waals surface area contributed by atoms with Gasteiger partial charge in [-0.25, -0.2) is 0 Å². The molecule has 6 heteroatoms. The lowest BCUT2D eigenvalue weighted by Gasteiger charge is -2.59. The first-order valence-electron chi connectivity index (χ1n) is 11.5. The predicted molar refractivity (Wildman–Crippen MR) is 125 cm³/mol. The van der Waals surface area contributed by atoms with Crippen LogP contribution in [0.3, 0.4) is 0 Å². The highest BCUT2D eigenvalue weighted by Crippen LogP contribution is 2.63. The second-order valence-electron chi connectivity index (χ2n) is 10.2. The molecule has 31 heavy (non-hydrogen) atoms. The van der Waals surface area contributed by atoms with Crippen LogP contribution in [0.1, 0.15) is 65.7 Å². The minimum Gasteiger partial charge on any atom is -0.505 e. The van der Waals surface area contributed by atoms with Crippen molar-refractivity contribution >= 4 is 22.4 Å². The van der Waals surface area contributed by atoms with E-state index in [0.29, 0.717) is 42.7 Å². The zero-order chi connectivity index (χ0) is 23.0. The summed E-state index contributed by atoms with van der Waals surface area (Å²) < 4.78 is 11.3. The van der Waals surface area contributed by atoms with Gasteiger partial charge in [0.1, 0.15) is 5.76 Å². The number of hydrogen-bond acceptors (Lipinski definition) is 5. The summed E-state index contributed by atoms with van der Waals surface area (Å²) in [6, 6.07) is 0. The molecule has 172 valence electrons. The first-order chi connectivity index (χ1) is 14.5. The zero-order valence-corrected chi connectivity index (χ0v) is 20.2. The van der Waals surface area contributed by atoms with Crippen molar-refractivity contribution in [3.63, 3.8) is 0 Å². The molecule has 0 aromatic heterocycles. The maximum absolute atomic E-state index is 12.8. The van der Waals surface area contributed by atoms with E-state index in [-0.39, 0.29) is 22.2 Å². The van der Waals surface area contributed by atoms with Crippen molar-refractivity contribution in [1.29, 1.82) is 0 Å². The summed E-state index contributed by atoms with van der Waals surface area (Å²) in [7, 11) is -0.888. The molecule has 2 saturated carbocycles. The Bertz CT molecular complexity index is 873. The number of Topliss-reactive ketones (excluding diaryl/α,β-unsaturated/α-hetero) is 1. The van der Waals surface area contributed by atoms with Gasteiger partial charge in [-0.1, -0.05) is 32.9 Å². The summed E-state index contributed by atoms with van der Waals surface area (Å²) >= 11 is 0. The van der Waals surface area contributed by atoms with Gasteiger partial charge in [0, 0.05) is 41.0 Å². The average molecular weight is 448 g/mol. The fourth-order valence-electron chi connectivity index (χ4n) is 6.13. The molecule has 0 aromatic carbocycles. The molecule has 5 atom stereocenters. The van der Waals surface area contributed by atoms with Gasteiger partial charge in [0.05, 0.1) is 5.70 Å². The van der Waals surface area contributed by atoms with Crippen molar-refractivity contribution in [3.05, 3.63) is 35.3 Å². The van der Waals surface area contributed by atoms with Gasteiger partial charge in [-0.05, 0) is 67.6 Å². The van der Waals surface area contributed by atoms with Crippen molar-refractivity contribution in [2.75, 3.05) is 18.6 Å². The Morgan fingerprint density at radius 1 is 1.29 bits per heavy atom. The fourth-order valence-corrected chi connectivity index (χ4v) is 6.68. The molecule has 0 heterocycles. The fraction of sp³-hybridized carbons (Fsp3) is 0.680. The van der Waals surface area contributed by atoms with Gasteiger partial charge in [0.25, 0.3) is 0 Å². The monoisotopic (exact) mass is 447 g/mol. The van der Waals surface area contributed by atoms with Gasteiger partial charge in [0.2, 0.25) is 11.6 Å². The normalized spacial score (nSPS) is 35.0. The van der Waals surface area contributed by atoms with Crippen LogP contribution < -0.4 is 5.32 Å². The molecule has 0 radical (unpaired) electrons. The van der Waals surface area contributed by atoms with Gasteiger partial charge >= 0.3 is 0 Å². The van der Waals surface area contributed by atoms with E-state index in [9.17, 15) is 18.9 Å². The number of nitrogens with one attached hydrogen (secondary N) is 1. The standard InChI is InChI=1S/C25H37NO4S/c1-16-8-6-9-21-24(16,3)11-10-17(2)25(21,4)15-18-22(28)19(14-20(27)23(18)29)26-12-7-13-31(5)30/h14,17,21,26,28H,1,6-13,15H2,2-5H3. The molecule has 0 saturated heterocycles. The third kappa shape index (κ3) is 4.46.